The number of ether oxygens (including phenoxy) is 1. The van der Waals surface area contributed by atoms with Crippen LogP contribution in [-0.2, 0) is 16.0 Å². The Morgan fingerprint density at radius 2 is 1.69 bits per heavy atom. The van der Waals surface area contributed by atoms with Crippen LogP contribution < -0.4 is 4.74 Å². The summed E-state index contributed by atoms with van der Waals surface area (Å²) >= 11 is 7.43. The molecule has 1 aliphatic rings. The highest BCUT2D eigenvalue weighted by atomic mass is 35.5. The molecule has 26 heavy (non-hydrogen) atoms. The molecule has 1 aromatic carbocycles. The highest BCUT2D eigenvalue weighted by molar-refractivity contribution is 7.10. The van der Waals surface area contributed by atoms with Crippen LogP contribution in [0.15, 0.2) is 41.8 Å². The first-order chi connectivity index (χ1) is 12.6. The molecule has 0 bridgehead atoms. The van der Waals surface area contributed by atoms with E-state index >= 15 is 0 Å². The summed E-state index contributed by atoms with van der Waals surface area (Å²) in [7, 11) is 0. The zero-order valence-corrected chi connectivity index (χ0v) is 16.0. The van der Waals surface area contributed by atoms with Gasteiger partial charge in [0.2, 0.25) is 5.91 Å². The Bertz CT molecular complexity index is 734. The summed E-state index contributed by atoms with van der Waals surface area (Å²) in [6.07, 6.45) is 1.22. The molecule has 2 amide bonds. The zero-order valence-electron chi connectivity index (χ0n) is 14.4. The second-order valence-corrected chi connectivity index (χ2v) is 7.58. The van der Waals surface area contributed by atoms with Crippen molar-refractivity contribution >= 4 is 34.8 Å². The molecule has 0 radical (unpaired) electrons. The van der Waals surface area contributed by atoms with E-state index < -0.39 is 0 Å². The number of rotatable bonds is 5. The van der Waals surface area contributed by atoms with Gasteiger partial charge in [0.25, 0.3) is 5.91 Å². The van der Waals surface area contributed by atoms with E-state index in [4.69, 9.17) is 16.3 Å². The predicted octanol–water partition coefficient (Wildman–Crippen LogP) is 3.08. The molecule has 7 heteroatoms. The van der Waals surface area contributed by atoms with Gasteiger partial charge >= 0.3 is 0 Å². The van der Waals surface area contributed by atoms with Crippen molar-refractivity contribution in [2.75, 3.05) is 32.8 Å². The maximum absolute atomic E-state index is 12.4. The van der Waals surface area contributed by atoms with Crippen LogP contribution in [0.1, 0.15) is 11.3 Å². The molecule has 2 heterocycles. The van der Waals surface area contributed by atoms with E-state index in [9.17, 15) is 9.59 Å². The molecular weight excluding hydrogens is 372 g/mol. The molecule has 0 aliphatic carbocycles. The lowest BCUT2D eigenvalue weighted by atomic mass is 10.3. The standard InChI is InChI=1S/C19H21ClN2O3S/c20-15-4-6-16(7-5-15)25-14-19(24)22-9-2-8-21(10-11-22)18(23)13-17-3-1-12-26-17/h1,3-7,12H,2,8-11,13-14H2. The maximum atomic E-state index is 12.4. The summed E-state index contributed by atoms with van der Waals surface area (Å²) in [4.78, 5) is 29.5. The van der Waals surface area contributed by atoms with Crippen molar-refractivity contribution in [1.29, 1.82) is 0 Å². The average molecular weight is 393 g/mol. The van der Waals surface area contributed by atoms with E-state index in [0.717, 1.165) is 11.3 Å². The van der Waals surface area contributed by atoms with Crippen LogP contribution in [0.2, 0.25) is 5.02 Å². The monoisotopic (exact) mass is 392 g/mol. The first-order valence-corrected chi connectivity index (χ1v) is 9.84. The molecule has 1 saturated heterocycles. The van der Waals surface area contributed by atoms with Gasteiger partial charge in [-0.3, -0.25) is 9.59 Å². The molecule has 0 N–H and O–H groups in total. The molecule has 0 atom stereocenters. The van der Waals surface area contributed by atoms with Crippen molar-refractivity contribution in [2.24, 2.45) is 0 Å². The first-order valence-electron chi connectivity index (χ1n) is 8.58. The van der Waals surface area contributed by atoms with E-state index in [0.29, 0.717) is 43.4 Å². The Hall–Kier alpha value is -2.05. The van der Waals surface area contributed by atoms with E-state index in [-0.39, 0.29) is 18.4 Å². The topological polar surface area (TPSA) is 49.9 Å². The highest BCUT2D eigenvalue weighted by Gasteiger charge is 2.22. The summed E-state index contributed by atoms with van der Waals surface area (Å²) in [6.45, 7) is 2.43. The van der Waals surface area contributed by atoms with E-state index in [1.165, 1.54) is 0 Å². The number of benzene rings is 1. The lowest BCUT2D eigenvalue weighted by molar-refractivity contribution is -0.134. The Labute approximate surface area is 162 Å². The van der Waals surface area contributed by atoms with Crippen molar-refractivity contribution in [2.45, 2.75) is 12.8 Å². The minimum Gasteiger partial charge on any atom is -0.484 e. The van der Waals surface area contributed by atoms with Gasteiger partial charge in [-0.15, -0.1) is 11.3 Å². The van der Waals surface area contributed by atoms with E-state index in [1.54, 1.807) is 40.5 Å². The summed E-state index contributed by atoms with van der Waals surface area (Å²) < 4.78 is 5.53. The van der Waals surface area contributed by atoms with Crippen LogP contribution >= 0.6 is 22.9 Å². The number of nitrogens with zero attached hydrogens (tertiary/aromatic N) is 2. The number of hydrogen-bond acceptors (Lipinski definition) is 4. The zero-order chi connectivity index (χ0) is 18.4. The highest BCUT2D eigenvalue weighted by Crippen LogP contribution is 2.16. The maximum Gasteiger partial charge on any atom is 0.260 e. The fraction of sp³-hybridized carbons (Fsp3) is 0.368. The fourth-order valence-corrected chi connectivity index (χ4v) is 3.68. The number of halogens is 1. The fourth-order valence-electron chi connectivity index (χ4n) is 2.86. The molecule has 1 fully saturated rings. The first kappa shape index (κ1) is 18.7. The number of carbonyl (C=O) groups excluding carboxylic acids is 2. The van der Waals surface area contributed by atoms with Crippen LogP contribution in [0.4, 0.5) is 0 Å². The number of hydrogen-bond donors (Lipinski definition) is 0. The second kappa shape index (κ2) is 9.05. The van der Waals surface area contributed by atoms with Crippen LogP contribution in [0, 0.1) is 0 Å². The van der Waals surface area contributed by atoms with Gasteiger partial charge in [0.05, 0.1) is 6.42 Å². The van der Waals surface area contributed by atoms with Gasteiger partial charge in [-0.2, -0.15) is 0 Å². The predicted molar refractivity (Wildman–Crippen MR) is 103 cm³/mol. The molecule has 3 rings (SSSR count). The lowest BCUT2D eigenvalue weighted by Crippen LogP contribution is -2.39. The molecule has 0 saturated carbocycles. The summed E-state index contributed by atoms with van der Waals surface area (Å²) in [5.41, 5.74) is 0. The second-order valence-electron chi connectivity index (χ2n) is 6.11. The van der Waals surface area contributed by atoms with Gasteiger partial charge in [-0.25, -0.2) is 0 Å². The third-order valence-corrected chi connectivity index (χ3v) is 5.41. The molecule has 1 aromatic heterocycles. The van der Waals surface area contributed by atoms with Crippen LogP contribution in [0.3, 0.4) is 0 Å². The van der Waals surface area contributed by atoms with Crippen molar-refractivity contribution in [3.8, 4) is 5.75 Å². The molecule has 0 spiro atoms. The Morgan fingerprint density at radius 3 is 2.35 bits per heavy atom. The lowest BCUT2D eigenvalue weighted by Gasteiger charge is -2.22. The van der Waals surface area contributed by atoms with Crippen LogP contribution in [-0.4, -0.2) is 54.4 Å². The van der Waals surface area contributed by atoms with E-state index in [1.807, 2.05) is 22.4 Å². The quantitative estimate of drug-likeness (QED) is 0.785. The average Bonchev–Trinajstić information content (AvgIpc) is 3.02. The smallest absolute Gasteiger partial charge is 0.260 e. The van der Waals surface area contributed by atoms with Gasteiger partial charge < -0.3 is 14.5 Å². The summed E-state index contributed by atoms with van der Waals surface area (Å²) in [6, 6.07) is 10.9. The molecule has 0 unspecified atom stereocenters. The molecule has 5 nitrogen and oxygen atoms in total. The van der Waals surface area contributed by atoms with Gasteiger partial charge in [0, 0.05) is 36.1 Å². The SMILES string of the molecule is O=C(COc1ccc(Cl)cc1)N1CCCN(C(=O)Cc2cccs2)CC1. The Kier molecular flexibility index (Phi) is 6.52. The van der Waals surface area contributed by atoms with Gasteiger partial charge in [0.15, 0.2) is 6.61 Å². The molecule has 1 aliphatic heterocycles. The van der Waals surface area contributed by atoms with E-state index in [2.05, 4.69) is 0 Å². The Balaban J connectivity index is 1.47. The third-order valence-electron chi connectivity index (χ3n) is 4.28. The van der Waals surface area contributed by atoms with Gasteiger partial charge in [-0.1, -0.05) is 17.7 Å². The normalized spacial score (nSPS) is 14.8. The third kappa shape index (κ3) is 5.22. The molecular formula is C19H21ClN2O3S. The van der Waals surface area contributed by atoms with Gasteiger partial charge in [0.1, 0.15) is 5.75 Å². The number of amides is 2. The van der Waals surface area contributed by atoms with Crippen molar-refractivity contribution < 1.29 is 14.3 Å². The number of carbonyl (C=O) groups is 2. The van der Waals surface area contributed by atoms with Crippen LogP contribution in [0.25, 0.3) is 0 Å². The van der Waals surface area contributed by atoms with Crippen molar-refractivity contribution in [3.63, 3.8) is 0 Å². The molecule has 138 valence electrons. The van der Waals surface area contributed by atoms with Crippen molar-refractivity contribution in [3.05, 3.63) is 51.7 Å². The van der Waals surface area contributed by atoms with Gasteiger partial charge in [-0.05, 0) is 42.1 Å². The summed E-state index contributed by atoms with van der Waals surface area (Å²) in [5.74, 6) is 0.678. The largest absolute Gasteiger partial charge is 0.484 e. The summed E-state index contributed by atoms with van der Waals surface area (Å²) in [5, 5.41) is 2.61. The minimum atomic E-state index is -0.0625. The van der Waals surface area contributed by atoms with Crippen LogP contribution in [0.5, 0.6) is 5.75 Å². The number of thiophene rings is 1. The molecule has 2 aromatic rings. The van der Waals surface area contributed by atoms with Crippen molar-refractivity contribution in [1.82, 2.24) is 9.80 Å². The minimum absolute atomic E-state index is 0.00915. The Morgan fingerprint density at radius 1 is 1.00 bits per heavy atom.